The Kier molecular flexibility index (Phi) is 3.95. The van der Waals surface area contributed by atoms with Crippen molar-refractivity contribution in [1.82, 2.24) is 10.2 Å². The second kappa shape index (κ2) is 5.24. The van der Waals surface area contributed by atoms with Crippen LogP contribution in [0.25, 0.3) is 0 Å². The Hall–Kier alpha value is -1.30. The first-order chi connectivity index (χ1) is 9.33. The highest BCUT2D eigenvalue weighted by atomic mass is 16.5. The summed E-state index contributed by atoms with van der Waals surface area (Å²) in [6.45, 7) is 7.22. The zero-order valence-corrected chi connectivity index (χ0v) is 12.4. The summed E-state index contributed by atoms with van der Waals surface area (Å²) in [5.74, 6) is -0.806. The summed E-state index contributed by atoms with van der Waals surface area (Å²) in [4.78, 5) is 25.4. The molecule has 2 aliphatic rings. The van der Waals surface area contributed by atoms with Crippen LogP contribution in [-0.2, 0) is 9.53 Å². The van der Waals surface area contributed by atoms with Crippen molar-refractivity contribution in [2.24, 2.45) is 5.41 Å². The highest BCUT2D eigenvalue weighted by Gasteiger charge is 2.46. The Morgan fingerprint density at radius 2 is 2.15 bits per heavy atom. The van der Waals surface area contributed by atoms with E-state index in [0.717, 1.165) is 6.42 Å². The lowest BCUT2D eigenvalue weighted by atomic mass is 9.84. The molecule has 20 heavy (non-hydrogen) atoms. The summed E-state index contributed by atoms with van der Waals surface area (Å²) in [6, 6.07) is -0.179. The molecule has 2 rings (SSSR count). The lowest BCUT2D eigenvalue weighted by Crippen LogP contribution is -2.55. The molecule has 0 aromatic heterocycles. The first-order valence-corrected chi connectivity index (χ1v) is 7.25. The average Bonchev–Trinajstić information content (AvgIpc) is 2.96. The van der Waals surface area contributed by atoms with Gasteiger partial charge >= 0.3 is 12.0 Å². The Bertz CT molecular complexity index is 414. The molecule has 2 heterocycles. The monoisotopic (exact) mass is 284 g/mol. The minimum Gasteiger partial charge on any atom is -0.481 e. The standard InChI is InChI=1S/C14H24N2O4/c1-4-14(11(17)18)5-7-16(9-14)12(19)15-13(3)6-8-20-10(13)2/h10H,4-9H2,1-3H3,(H,15,19)(H,17,18). The van der Waals surface area contributed by atoms with Crippen molar-refractivity contribution in [3.05, 3.63) is 0 Å². The number of carboxylic acids is 1. The second-order valence-electron chi connectivity index (χ2n) is 6.22. The number of rotatable bonds is 3. The molecular weight excluding hydrogens is 260 g/mol. The number of nitrogens with one attached hydrogen (secondary N) is 1. The van der Waals surface area contributed by atoms with E-state index < -0.39 is 11.4 Å². The van der Waals surface area contributed by atoms with Gasteiger partial charge in [-0.15, -0.1) is 0 Å². The minimum atomic E-state index is -0.806. The van der Waals surface area contributed by atoms with Crippen LogP contribution in [0.4, 0.5) is 4.79 Å². The molecule has 6 heteroatoms. The molecule has 0 spiro atoms. The first-order valence-electron chi connectivity index (χ1n) is 7.25. The number of nitrogens with zero attached hydrogens (tertiary/aromatic N) is 1. The molecule has 2 fully saturated rings. The number of urea groups is 1. The lowest BCUT2D eigenvalue weighted by molar-refractivity contribution is -0.148. The fourth-order valence-corrected chi connectivity index (χ4v) is 2.98. The Labute approximate surface area is 119 Å². The molecule has 2 N–H and O–H groups in total. The third-order valence-electron chi connectivity index (χ3n) is 5.05. The molecular formula is C14H24N2O4. The molecule has 2 amide bonds. The maximum atomic E-state index is 12.3. The van der Waals surface area contributed by atoms with Crippen molar-refractivity contribution in [2.75, 3.05) is 19.7 Å². The number of hydrogen-bond donors (Lipinski definition) is 2. The summed E-state index contributed by atoms with van der Waals surface area (Å²) in [6.07, 6.45) is 1.83. The van der Waals surface area contributed by atoms with E-state index in [-0.39, 0.29) is 24.2 Å². The molecule has 0 bridgehead atoms. The van der Waals surface area contributed by atoms with Crippen LogP contribution in [0.3, 0.4) is 0 Å². The Morgan fingerprint density at radius 1 is 1.45 bits per heavy atom. The summed E-state index contributed by atoms with van der Waals surface area (Å²) in [5, 5.41) is 12.4. The smallest absolute Gasteiger partial charge is 0.317 e. The van der Waals surface area contributed by atoms with Crippen LogP contribution in [0, 0.1) is 5.41 Å². The second-order valence-corrected chi connectivity index (χ2v) is 6.22. The number of likely N-dealkylation sites (tertiary alicyclic amines) is 1. The summed E-state index contributed by atoms with van der Waals surface area (Å²) in [7, 11) is 0. The van der Waals surface area contributed by atoms with Crippen LogP contribution < -0.4 is 5.32 Å². The predicted molar refractivity (Wildman–Crippen MR) is 73.5 cm³/mol. The van der Waals surface area contributed by atoms with Gasteiger partial charge in [-0.3, -0.25) is 4.79 Å². The fourth-order valence-electron chi connectivity index (χ4n) is 2.98. The highest BCUT2D eigenvalue weighted by Crippen LogP contribution is 2.34. The number of carbonyl (C=O) groups is 2. The van der Waals surface area contributed by atoms with Gasteiger partial charge in [-0.25, -0.2) is 4.79 Å². The third-order valence-corrected chi connectivity index (χ3v) is 5.05. The normalized spacial score (nSPS) is 37.1. The topological polar surface area (TPSA) is 78.9 Å². The van der Waals surface area contributed by atoms with E-state index in [0.29, 0.717) is 26.0 Å². The number of amides is 2. The van der Waals surface area contributed by atoms with Crippen molar-refractivity contribution in [3.63, 3.8) is 0 Å². The van der Waals surface area contributed by atoms with E-state index in [1.807, 2.05) is 20.8 Å². The molecule has 0 saturated carbocycles. The van der Waals surface area contributed by atoms with Gasteiger partial charge in [0, 0.05) is 19.7 Å². The van der Waals surface area contributed by atoms with E-state index in [4.69, 9.17) is 4.74 Å². The van der Waals surface area contributed by atoms with E-state index in [1.54, 1.807) is 4.90 Å². The van der Waals surface area contributed by atoms with Gasteiger partial charge in [0.05, 0.1) is 17.1 Å². The van der Waals surface area contributed by atoms with Crippen molar-refractivity contribution in [3.8, 4) is 0 Å². The van der Waals surface area contributed by atoms with E-state index in [1.165, 1.54) is 0 Å². The third kappa shape index (κ3) is 2.49. The number of ether oxygens (including phenoxy) is 1. The number of hydrogen-bond acceptors (Lipinski definition) is 3. The van der Waals surface area contributed by atoms with Crippen molar-refractivity contribution in [1.29, 1.82) is 0 Å². The molecule has 0 radical (unpaired) electrons. The SMILES string of the molecule is CCC1(C(=O)O)CCN(C(=O)NC2(C)CCOC2C)C1. The number of carbonyl (C=O) groups excluding carboxylic acids is 1. The average molecular weight is 284 g/mol. The van der Waals surface area contributed by atoms with Gasteiger partial charge in [0.2, 0.25) is 0 Å². The molecule has 3 atom stereocenters. The summed E-state index contributed by atoms with van der Waals surface area (Å²) >= 11 is 0. The van der Waals surface area contributed by atoms with Gasteiger partial charge in [0.1, 0.15) is 0 Å². The van der Waals surface area contributed by atoms with Crippen LogP contribution in [0.15, 0.2) is 0 Å². The van der Waals surface area contributed by atoms with Crippen LogP contribution >= 0.6 is 0 Å². The van der Waals surface area contributed by atoms with Crippen LogP contribution in [0.1, 0.15) is 40.0 Å². The van der Waals surface area contributed by atoms with E-state index >= 15 is 0 Å². The molecule has 6 nitrogen and oxygen atoms in total. The van der Waals surface area contributed by atoms with Crippen LogP contribution in [0.5, 0.6) is 0 Å². The van der Waals surface area contributed by atoms with Gasteiger partial charge in [0.15, 0.2) is 0 Å². The number of aliphatic carboxylic acids is 1. The molecule has 0 aliphatic carbocycles. The molecule has 3 unspecified atom stereocenters. The van der Waals surface area contributed by atoms with Crippen molar-refractivity contribution >= 4 is 12.0 Å². The number of carboxylic acid groups (broad SMARTS) is 1. The maximum Gasteiger partial charge on any atom is 0.317 e. The quantitative estimate of drug-likeness (QED) is 0.822. The van der Waals surface area contributed by atoms with E-state index in [9.17, 15) is 14.7 Å². The molecule has 2 aliphatic heterocycles. The van der Waals surface area contributed by atoms with Gasteiger partial charge in [-0.1, -0.05) is 6.92 Å². The van der Waals surface area contributed by atoms with Gasteiger partial charge < -0.3 is 20.1 Å². The van der Waals surface area contributed by atoms with E-state index in [2.05, 4.69) is 5.32 Å². The van der Waals surface area contributed by atoms with Crippen molar-refractivity contribution < 1.29 is 19.4 Å². The molecule has 0 aromatic carbocycles. The fraction of sp³-hybridized carbons (Fsp3) is 0.857. The lowest BCUT2D eigenvalue weighted by Gasteiger charge is -2.32. The highest BCUT2D eigenvalue weighted by molar-refractivity contribution is 5.80. The predicted octanol–water partition coefficient (Wildman–Crippen LogP) is 1.45. The summed E-state index contributed by atoms with van der Waals surface area (Å²) < 4.78 is 5.50. The minimum absolute atomic E-state index is 0.0236. The zero-order chi connectivity index (χ0) is 15.0. The van der Waals surface area contributed by atoms with Crippen LogP contribution in [-0.4, -0.2) is 53.3 Å². The molecule has 2 saturated heterocycles. The first kappa shape index (κ1) is 15.1. The Morgan fingerprint density at radius 3 is 2.60 bits per heavy atom. The van der Waals surface area contributed by atoms with Gasteiger partial charge in [-0.05, 0) is 33.1 Å². The van der Waals surface area contributed by atoms with Gasteiger partial charge in [0.25, 0.3) is 0 Å². The maximum absolute atomic E-state index is 12.3. The molecule has 0 aromatic rings. The van der Waals surface area contributed by atoms with Crippen molar-refractivity contribution in [2.45, 2.75) is 51.7 Å². The zero-order valence-electron chi connectivity index (χ0n) is 12.4. The van der Waals surface area contributed by atoms with Crippen LogP contribution in [0.2, 0.25) is 0 Å². The largest absolute Gasteiger partial charge is 0.481 e. The Balaban J connectivity index is 2.00. The summed E-state index contributed by atoms with van der Waals surface area (Å²) in [5.41, 5.74) is -1.15. The molecule has 114 valence electrons. The van der Waals surface area contributed by atoms with Gasteiger partial charge in [-0.2, -0.15) is 0 Å².